The smallest absolute Gasteiger partial charge is 0.254 e. The zero-order valence-corrected chi connectivity index (χ0v) is 14.4. The van der Waals surface area contributed by atoms with E-state index in [1.165, 1.54) is 0 Å². The topological polar surface area (TPSA) is 49.4 Å². The van der Waals surface area contributed by atoms with Crippen molar-refractivity contribution >= 4 is 29.3 Å². The molecule has 0 atom stereocenters. The van der Waals surface area contributed by atoms with Gasteiger partial charge in [0.15, 0.2) is 0 Å². The zero-order chi connectivity index (χ0) is 16.9. The number of nitrogens with one attached hydrogen (secondary N) is 1. The molecule has 0 fully saturated rings. The maximum absolute atomic E-state index is 12.4. The van der Waals surface area contributed by atoms with Gasteiger partial charge in [-0.05, 0) is 41.7 Å². The first-order valence-electron chi connectivity index (χ1n) is 7.93. The van der Waals surface area contributed by atoms with Crippen LogP contribution in [0.4, 0.5) is 5.69 Å². The molecule has 0 saturated heterocycles. The lowest BCUT2D eigenvalue weighted by molar-refractivity contribution is -0.116. The number of anilines is 1. The van der Waals surface area contributed by atoms with Gasteiger partial charge in [0.05, 0.1) is 0 Å². The van der Waals surface area contributed by atoms with Gasteiger partial charge in [-0.3, -0.25) is 9.59 Å². The summed E-state index contributed by atoms with van der Waals surface area (Å²) in [7, 11) is 0. The van der Waals surface area contributed by atoms with Gasteiger partial charge in [0.1, 0.15) is 6.54 Å². The molecule has 0 radical (unpaired) electrons. The van der Waals surface area contributed by atoms with Crippen molar-refractivity contribution in [3.63, 3.8) is 0 Å². The van der Waals surface area contributed by atoms with Crippen molar-refractivity contribution in [2.45, 2.75) is 13.0 Å². The van der Waals surface area contributed by atoms with E-state index in [1.54, 1.807) is 16.7 Å². The minimum atomic E-state index is -0.159. The summed E-state index contributed by atoms with van der Waals surface area (Å²) in [6, 6.07) is 15.3. The van der Waals surface area contributed by atoms with Crippen LogP contribution in [-0.4, -0.2) is 35.3 Å². The van der Waals surface area contributed by atoms with Crippen molar-refractivity contribution in [2.24, 2.45) is 0 Å². The number of carbonyl (C=O) groups excluding carboxylic acids is 2. The largest absolute Gasteiger partial charge is 0.325 e. The predicted octanol–water partition coefficient (Wildman–Crippen LogP) is 3.19. The third-order valence-corrected chi connectivity index (χ3v) is 4.71. The molecule has 0 unspecified atom stereocenters. The van der Waals surface area contributed by atoms with Gasteiger partial charge in [-0.25, -0.2) is 0 Å². The summed E-state index contributed by atoms with van der Waals surface area (Å²) < 4.78 is 0. The molecular weight excluding hydrogens is 320 g/mol. The summed E-state index contributed by atoms with van der Waals surface area (Å²) in [5, 5.41) is 2.95. The van der Waals surface area contributed by atoms with Crippen LogP contribution in [0.5, 0.6) is 0 Å². The lowest BCUT2D eigenvalue weighted by atomic mass is 10.1. The number of hydrogen-bond donors (Lipinski definition) is 1. The van der Waals surface area contributed by atoms with Crippen LogP contribution in [0.3, 0.4) is 0 Å². The van der Waals surface area contributed by atoms with Crippen molar-refractivity contribution in [3.8, 4) is 0 Å². The molecule has 0 aromatic heterocycles. The van der Waals surface area contributed by atoms with Crippen molar-refractivity contribution in [1.29, 1.82) is 0 Å². The number of amides is 2. The average Bonchev–Trinajstić information content (AvgIpc) is 2.90. The Morgan fingerprint density at radius 1 is 1.17 bits per heavy atom. The molecule has 1 N–H and O–H groups in total. The highest BCUT2D eigenvalue weighted by molar-refractivity contribution is 7.98. The van der Waals surface area contributed by atoms with Crippen molar-refractivity contribution in [1.82, 2.24) is 4.90 Å². The Balaban J connectivity index is 1.64. The van der Waals surface area contributed by atoms with Gasteiger partial charge in [0.25, 0.3) is 5.91 Å². The number of hydrogen-bond acceptors (Lipinski definition) is 3. The van der Waals surface area contributed by atoms with E-state index in [-0.39, 0.29) is 18.4 Å². The van der Waals surface area contributed by atoms with Gasteiger partial charge >= 0.3 is 0 Å². The second-order valence-electron chi connectivity index (χ2n) is 5.77. The predicted molar refractivity (Wildman–Crippen MR) is 98.3 cm³/mol. The van der Waals surface area contributed by atoms with E-state index in [1.807, 2.05) is 48.5 Å². The van der Waals surface area contributed by atoms with Crippen LogP contribution in [-0.2, 0) is 17.8 Å². The first-order chi connectivity index (χ1) is 11.7. The maximum atomic E-state index is 12.4. The zero-order valence-electron chi connectivity index (χ0n) is 13.6. The Morgan fingerprint density at radius 3 is 2.71 bits per heavy atom. The normalized spacial score (nSPS) is 13.0. The summed E-state index contributed by atoms with van der Waals surface area (Å²) in [6.45, 7) is 0.570. The van der Waals surface area contributed by atoms with Crippen molar-refractivity contribution < 1.29 is 9.59 Å². The number of fused-ring (bicyclic) bond motifs is 1. The molecule has 0 bridgehead atoms. The molecule has 24 heavy (non-hydrogen) atoms. The average molecular weight is 340 g/mol. The van der Waals surface area contributed by atoms with Crippen LogP contribution in [0.2, 0.25) is 0 Å². The van der Waals surface area contributed by atoms with Crippen molar-refractivity contribution in [3.05, 3.63) is 65.2 Å². The molecule has 1 aliphatic heterocycles. The van der Waals surface area contributed by atoms with Crippen LogP contribution in [0.1, 0.15) is 21.5 Å². The second kappa shape index (κ2) is 7.53. The summed E-state index contributed by atoms with van der Waals surface area (Å²) in [6.07, 6.45) is 2.98. The molecule has 2 aromatic rings. The Labute approximate surface area is 146 Å². The number of para-hydroxylation sites is 1. The summed E-state index contributed by atoms with van der Waals surface area (Å²) in [5.74, 6) is 0.775. The van der Waals surface area contributed by atoms with E-state index in [9.17, 15) is 9.59 Å². The van der Waals surface area contributed by atoms with Gasteiger partial charge in [-0.1, -0.05) is 36.4 Å². The fourth-order valence-corrected chi connectivity index (χ4v) is 3.30. The highest BCUT2D eigenvalue weighted by Gasteiger charge is 2.28. The number of rotatable bonds is 6. The molecule has 1 aliphatic rings. The monoisotopic (exact) mass is 340 g/mol. The first kappa shape index (κ1) is 16.6. The van der Waals surface area contributed by atoms with E-state index in [2.05, 4.69) is 11.6 Å². The molecule has 124 valence electrons. The fraction of sp³-hybridized carbons (Fsp3) is 0.263. The Hall–Kier alpha value is -2.27. The molecule has 2 aromatic carbocycles. The Bertz CT molecular complexity index is 761. The summed E-state index contributed by atoms with van der Waals surface area (Å²) in [5.41, 5.74) is 3.64. The second-order valence-corrected chi connectivity index (χ2v) is 6.75. The molecule has 0 saturated carbocycles. The number of benzene rings is 2. The SMILES string of the molecule is CSCCc1ccccc1NC(=O)CN1Cc2ccccc2C1=O. The first-order valence-corrected chi connectivity index (χ1v) is 9.32. The lowest BCUT2D eigenvalue weighted by Crippen LogP contribution is -2.33. The third-order valence-electron chi connectivity index (χ3n) is 4.10. The van der Waals surface area contributed by atoms with Gasteiger partial charge in [-0.2, -0.15) is 11.8 Å². The van der Waals surface area contributed by atoms with E-state index >= 15 is 0 Å². The van der Waals surface area contributed by atoms with Crippen LogP contribution in [0, 0.1) is 0 Å². The van der Waals surface area contributed by atoms with E-state index in [0.717, 1.165) is 29.0 Å². The molecule has 5 heteroatoms. The van der Waals surface area contributed by atoms with Gasteiger partial charge in [0.2, 0.25) is 5.91 Å². The van der Waals surface area contributed by atoms with Crippen LogP contribution >= 0.6 is 11.8 Å². The summed E-state index contributed by atoms with van der Waals surface area (Å²) in [4.78, 5) is 26.3. The number of nitrogens with zero attached hydrogens (tertiary/aromatic N) is 1. The number of carbonyl (C=O) groups is 2. The van der Waals surface area contributed by atoms with Crippen LogP contribution < -0.4 is 5.32 Å². The molecule has 0 spiro atoms. The third kappa shape index (κ3) is 3.62. The van der Waals surface area contributed by atoms with Gasteiger partial charge in [-0.15, -0.1) is 0 Å². The van der Waals surface area contributed by atoms with Gasteiger partial charge in [0, 0.05) is 17.8 Å². The minimum absolute atomic E-state index is 0.0728. The number of thioether (sulfide) groups is 1. The molecule has 3 rings (SSSR count). The molecule has 1 heterocycles. The Morgan fingerprint density at radius 2 is 1.92 bits per heavy atom. The molecule has 4 nitrogen and oxygen atoms in total. The molecule has 2 amide bonds. The van der Waals surface area contributed by atoms with Crippen LogP contribution in [0.25, 0.3) is 0 Å². The summed E-state index contributed by atoms with van der Waals surface area (Å²) >= 11 is 1.78. The lowest BCUT2D eigenvalue weighted by Gasteiger charge is -2.16. The fourth-order valence-electron chi connectivity index (χ4n) is 2.88. The number of aryl methyl sites for hydroxylation is 1. The minimum Gasteiger partial charge on any atom is -0.325 e. The molecular formula is C19H20N2O2S. The maximum Gasteiger partial charge on any atom is 0.254 e. The van der Waals surface area contributed by atoms with Crippen molar-refractivity contribution in [2.75, 3.05) is 23.9 Å². The van der Waals surface area contributed by atoms with Gasteiger partial charge < -0.3 is 10.2 Å². The molecule has 0 aliphatic carbocycles. The van der Waals surface area contributed by atoms with E-state index in [0.29, 0.717) is 12.1 Å². The van der Waals surface area contributed by atoms with Crippen LogP contribution in [0.15, 0.2) is 48.5 Å². The van der Waals surface area contributed by atoms with E-state index < -0.39 is 0 Å². The van der Waals surface area contributed by atoms with E-state index in [4.69, 9.17) is 0 Å². The standard InChI is InChI=1S/C19H20N2O2S/c1-24-11-10-14-6-3-5-9-17(14)20-18(22)13-21-12-15-7-2-4-8-16(15)19(21)23/h2-9H,10-13H2,1H3,(H,20,22). The highest BCUT2D eigenvalue weighted by atomic mass is 32.2. The highest BCUT2D eigenvalue weighted by Crippen LogP contribution is 2.22. The Kier molecular flexibility index (Phi) is 5.20. The quantitative estimate of drug-likeness (QED) is 0.879.